The molecule has 0 aliphatic carbocycles. The predicted molar refractivity (Wildman–Crippen MR) is 144 cm³/mol. The first-order valence-electron chi connectivity index (χ1n) is 11.8. The first kappa shape index (κ1) is 24.3. The Bertz CT molecular complexity index is 1550. The van der Waals surface area contributed by atoms with Crippen LogP contribution in [0.2, 0.25) is 5.02 Å². The lowest BCUT2D eigenvalue weighted by Crippen LogP contribution is -2.54. The molecule has 0 unspecified atom stereocenters. The average molecular weight is 514 g/mol. The molecule has 4 aromatic rings. The number of carbonyl (C=O) groups is 3. The van der Waals surface area contributed by atoms with Crippen LogP contribution < -0.4 is 15.0 Å². The van der Waals surface area contributed by atoms with E-state index in [0.717, 1.165) is 32.7 Å². The van der Waals surface area contributed by atoms with Gasteiger partial charge in [0.1, 0.15) is 17.9 Å². The number of halogens is 1. The second kappa shape index (κ2) is 9.95. The molecule has 2 heterocycles. The van der Waals surface area contributed by atoms with E-state index in [0.29, 0.717) is 29.4 Å². The molecule has 1 fully saturated rings. The van der Waals surface area contributed by atoms with Crippen LogP contribution in [-0.4, -0.2) is 29.0 Å². The van der Waals surface area contributed by atoms with Crippen LogP contribution in [0, 0.1) is 13.8 Å². The van der Waals surface area contributed by atoms with Crippen LogP contribution in [0.4, 0.5) is 10.5 Å². The number of anilines is 1. The van der Waals surface area contributed by atoms with Crippen LogP contribution in [0.1, 0.15) is 16.7 Å². The summed E-state index contributed by atoms with van der Waals surface area (Å²) in [5.74, 6) is -0.570. The lowest BCUT2D eigenvalue weighted by Gasteiger charge is -2.26. The number of carbonyl (C=O) groups excluding carboxylic acids is 3. The topological polar surface area (TPSA) is 80.6 Å². The lowest BCUT2D eigenvalue weighted by molar-refractivity contribution is -0.122. The summed E-state index contributed by atoms with van der Waals surface area (Å²) in [5.41, 5.74) is 3.95. The molecule has 37 heavy (non-hydrogen) atoms. The number of aromatic nitrogens is 1. The van der Waals surface area contributed by atoms with Gasteiger partial charge >= 0.3 is 6.03 Å². The smallest absolute Gasteiger partial charge is 0.335 e. The number of fused-ring (bicyclic) bond motifs is 1. The molecule has 3 aromatic carbocycles. The molecular formula is C29H24ClN3O4. The van der Waals surface area contributed by atoms with E-state index in [2.05, 4.69) is 5.32 Å². The van der Waals surface area contributed by atoms with Crippen molar-refractivity contribution in [2.75, 3.05) is 11.5 Å². The molecule has 0 bridgehead atoms. The average Bonchev–Trinajstić information content (AvgIpc) is 3.22. The highest BCUT2D eigenvalue weighted by atomic mass is 35.5. The highest BCUT2D eigenvalue weighted by Gasteiger charge is 2.37. The number of nitrogens with zero attached hydrogens (tertiary/aromatic N) is 2. The fourth-order valence-corrected chi connectivity index (χ4v) is 4.61. The Hall–Kier alpha value is -4.36. The molecule has 0 radical (unpaired) electrons. The fraction of sp³-hybridized carbons (Fsp3) is 0.138. The van der Waals surface area contributed by atoms with Gasteiger partial charge in [-0.25, -0.2) is 9.69 Å². The quantitative estimate of drug-likeness (QED) is 0.266. The van der Waals surface area contributed by atoms with Crippen molar-refractivity contribution in [2.45, 2.75) is 20.4 Å². The SMILES string of the molecule is Cc1cccc(C)c1OCCn1cc(/C=C2/C(=O)NC(=O)N(c3ccc(Cl)cc3)C2=O)c2ccccc21. The third-order valence-electron chi connectivity index (χ3n) is 6.29. The predicted octanol–water partition coefficient (Wildman–Crippen LogP) is 5.66. The minimum absolute atomic E-state index is 0.135. The van der Waals surface area contributed by atoms with Crippen LogP contribution in [0.3, 0.4) is 0 Å². The zero-order valence-corrected chi connectivity index (χ0v) is 21.1. The lowest BCUT2D eigenvalue weighted by atomic mass is 10.1. The normalized spacial score (nSPS) is 14.9. The van der Waals surface area contributed by atoms with Crippen molar-refractivity contribution in [3.63, 3.8) is 0 Å². The van der Waals surface area contributed by atoms with Crippen molar-refractivity contribution in [3.8, 4) is 5.75 Å². The van der Waals surface area contributed by atoms with Gasteiger partial charge in [-0.3, -0.25) is 14.9 Å². The molecule has 186 valence electrons. The van der Waals surface area contributed by atoms with Gasteiger partial charge in [-0.15, -0.1) is 0 Å². The molecule has 0 atom stereocenters. The van der Waals surface area contributed by atoms with E-state index in [4.69, 9.17) is 16.3 Å². The Morgan fingerprint density at radius 3 is 2.35 bits per heavy atom. The van der Waals surface area contributed by atoms with Gasteiger partial charge in [0.2, 0.25) is 0 Å². The third kappa shape index (κ3) is 4.73. The van der Waals surface area contributed by atoms with E-state index >= 15 is 0 Å². The van der Waals surface area contributed by atoms with Crippen LogP contribution in [-0.2, 0) is 16.1 Å². The number of imide groups is 2. The van der Waals surface area contributed by atoms with E-state index in [-0.39, 0.29) is 5.57 Å². The summed E-state index contributed by atoms with van der Waals surface area (Å²) in [6.07, 6.45) is 3.41. The molecule has 1 aliphatic heterocycles. The number of hydrogen-bond acceptors (Lipinski definition) is 4. The summed E-state index contributed by atoms with van der Waals surface area (Å²) in [6.45, 7) is 5.04. The largest absolute Gasteiger partial charge is 0.491 e. The van der Waals surface area contributed by atoms with Crippen LogP contribution in [0.5, 0.6) is 5.75 Å². The van der Waals surface area contributed by atoms with Crippen molar-refractivity contribution < 1.29 is 19.1 Å². The van der Waals surface area contributed by atoms with E-state index < -0.39 is 17.8 Å². The monoisotopic (exact) mass is 513 g/mol. The third-order valence-corrected chi connectivity index (χ3v) is 6.55. The Balaban J connectivity index is 1.45. The number of barbiturate groups is 1. The highest BCUT2D eigenvalue weighted by molar-refractivity contribution is 6.39. The number of rotatable bonds is 6. The molecule has 0 spiro atoms. The zero-order chi connectivity index (χ0) is 26.1. The number of para-hydroxylation sites is 2. The first-order valence-corrected chi connectivity index (χ1v) is 12.1. The number of ether oxygens (including phenoxy) is 1. The standard InChI is InChI=1S/C29H24ClN3O4/c1-18-6-5-7-19(2)26(18)37-15-14-32-17-20(23-8-3-4-9-25(23)32)16-24-27(34)31-29(36)33(28(24)35)22-12-10-21(30)11-13-22/h3-13,16-17H,14-15H2,1-2H3,(H,31,34,36)/b24-16-. The first-order chi connectivity index (χ1) is 17.8. The van der Waals surface area contributed by atoms with Crippen molar-refractivity contribution in [3.05, 3.63) is 100 Å². The Labute approximate surface area is 218 Å². The van der Waals surface area contributed by atoms with Crippen LogP contribution in [0.15, 0.2) is 78.5 Å². The highest BCUT2D eigenvalue weighted by Crippen LogP contribution is 2.28. The molecule has 1 saturated heterocycles. The number of nitrogens with one attached hydrogen (secondary N) is 1. The number of urea groups is 1. The molecule has 7 nitrogen and oxygen atoms in total. The second-order valence-corrected chi connectivity index (χ2v) is 9.24. The molecule has 1 aromatic heterocycles. The fourth-order valence-electron chi connectivity index (χ4n) is 4.49. The minimum Gasteiger partial charge on any atom is -0.491 e. The summed E-state index contributed by atoms with van der Waals surface area (Å²) in [4.78, 5) is 39.4. The summed E-state index contributed by atoms with van der Waals surface area (Å²) < 4.78 is 8.12. The molecule has 1 aliphatic rings. The van der Waals surface area contributed by atoms with Gasteiger partial charge in [-0.05, 0) is 61.4 Å². The van der Waals surface area contributed by atoms with Gasteiger partial charge in [0.25, 0.3) is 11.8 Å². The molecule has 4 amide bonds. The number of amides is 4. The van der Waals surface area contributed by atoms with Crippen LogP contribution >= 0.6 is 11.6 Å². The number of benzene rings is 3. The molecule has 0 saturated carbocycles. The minimum atomic E-state index is -0.805. The maximum Gasteiger partial charge on any atom is 0.335 e. The van der Waals surface area contributed by atoms with Crippen molar-refractivity contribution >= 4 is 52.1 Å². The van der Waals surface area contributed by atoms with E-state index in [1.807, 2.05) is 67.1 Å². The molecular weight excluding hydrogens is 490 g/mol. The molecule has 8 heteroatoms. The van der Waals surface area contributed by atoms with Gasteiger partial charge in [0, 0.05) is 27.7 Å². The number of hydrogen-bond donors (Lipinski definition) is 1. The Morgan fingerprint density at radius 1 is 0.919 bits per heavy atom. The second-order valence-electron chi connectivity index (χ2n) is 8.80. The summed E-state index contributed by atoms with van der Waals surface area (Å²) in [6, 6.07) is 19.2. The zero-order valence-electron chi connectivity index (χ0n) is 20.3. The number of aryl methyl sites for hydroxylation is 2. The molecule has 5 rings (SSSR count). The van der Waals surface area contributed by atoms with E-state index in [1.54, 1.807) is 24.3 Å². The summed E-state index contributed by atoms with van der Waals surface area (Å²) in [5, 5.41) is 3.60. The van der Waals surface area contributed by atoms with Crippen molar-refractivity contribution in [1.29, 1.82) is 0 Å². The van der Waals surface area contributed by atoms with Gasteiger partial charge in [-0.1, -0.05) is 48.0 Å². The summed E-state index contributed by atoms with van der Waals surface area (Å²) in [7, 11) is 0. The van der Waals surface area contributed by atoms with Gasteiger partial charge in [0.05, 0.1) is 12.2 Å². The van der Waals surface area contributed by atoms with Crippen molar-refractivity contribution in [1.82, 2.24) is 9.88 Å². The van der Waals surface area contributed by atoms with Gasteiger partial charge < -0.3 is 9.30 Å². The maximum atomic E-state index is 13.3. The van der Waals surface area contributed by atoms with Crippen LogP contribution in [0.25, 0.3) is 17.0 Å². The Morgan fingerprint density at radius 2 is 1.62 bits per heavy atom. The Kier molecular flexibility index (Phi) is 6.54. The van der Waals surface area contributed by atoms with Gasteiger partial charge in [0.15, 0.2) is 0 Å². The maximum absolute atomic E-state index is 13.3. The molecule has 1 N–H and O–H groups in total. The van der Waals surface area contributed by atoms with E-state index in [9.17, 15) is 14.4 Å². The van der Waals surface area contributed by atoms with Crippen molar-refractivity contribution in [2.24, 2.45) is 0 Å². The van der Waals surface area contributed by atoms with E-state index in [1.165, 1.54) is 6.08 Å². The summed E-state index contributed by atoms with van der Waals surface area (Å²) >= 11 is 5.95. The van der Waals surface area contributed by atoms with Gasteiger partial charge in [-0.2, -0.15) is 0 Å².